The van der Waals surface area contributed by atoms with Gasteiger partial charge in [0.1, 0.15) is 18.2 Å². The standard InChI is InChI=1S/C29H41N3O4/c1-9-29(7,8)32(23(33)19-31-27(35)36-28(4,5)6)25(24-20(2)14-13-15-21(24)3)26(34)30-18-22-16-11-10-12-17-22/h10-17,25H,9,18-19H2,1-8H3,(H,30,34)(H,31,35). The van der Waals surface area contributed by atoms with E-state index in [0.29, 0.717) is 13.0 Å². The van der Waals surface area contributed by atoms with Gasteiger partial charge in [0.05, 0.1) is 0 Å². The lowest BCUT2D eigenvalue weighted by molar-refractivity contribution is -0.146. The van der Waals surface area contributed by atoms with E-state index < -0.39 is 23.3 Å². The number of benzene rings is 2. The van der Waals surface area contributed by atoms with Crippen molar-refractivity contribution in [1.29, 1.82) is 0 Å². The first-order valence-electron chi connectivity index (χ1n) is 12.4. The average molecular weight is 496 g/mol. The predicted molar refractivity (Wildman–Crippen MR) is 142 cm³/mol. The Morgan fingerprint density at radius 1 is 0.889 bits per heavy atom. The molecule has 0 aliphatic carbocycles. The molecule has 1 atom stereocenters. The van der Waals surface area contributed by atoms with Gasteiger partial charge in [-0.25, -0.2) is 4.79 Å². The third-order valence-electron chi connectivity index (χ3n) is 6.20. The van der Waals surface area contributed by atoms with Crippen molar-refractivity contribution in [2.24, 2.45) is 0 Å². The van der Waals surface area contributed by atoms with E-state index in [4.69, 9.17) is 4.74 Å². The summed E-state index contributed by atoms with van der Waals surface area (Å²) in [4.78, 5) is 41.4. The van der Waals surface area contributed by atoms with Crippen LogP contribution in [-0.4, -0.2) is 40.5 Å². The molecule has 0 aromatic heterocycles. The summed E-state index contributed by atoms with van der Waals surface area (Å²) in [6.07, 6.45) is -0.0688. The first-order valence-corrected chi connectivity index (χ1v) is 12.4. The topological polar surface area (TPSA) is 87.7 Å². The number of rotatable bonds is 9. The van der Waals surface area contributed by atoms with Crippen molar-refractivity contribution in [3.05, 3.63) is 70.8 Å². The van der Waals surface area contributed by atoms with Crippen LogP contribution in [0.4, 0.5) is 4.79 Å². The van der Waals surface area contributed by atoms with E-state index in [2.05, 4.69) is 10.6 Å². The highest BCUT2D eigenvalue weighted by Gasteiger charge is 2.41. The van der Waals surface area contributed by atoms with Gasteiger partial charge in [0.25, 0.3) is 0 Å². The van der Waals surface area contributed by atoms with Gasteiger partial charge in [0, 0.05) is 12.1 Å². The van der Waals surface area contributed by atoms with Crippen molar-refractivity contribution in [2.75, 3.05) is 6.54 Å². The second kappa shape index (κ2) is 12.1. The van der Waals surface area contributed by atoms with Crippen LogP contribution in [0.15, 0.2) is 48.5 Å². The molecule has 7 heteroatoms. The molecule has 196 valence electrons. The molecule has 0 aliphatic heterocycles. The fraction of sp³-hybridized carbons (Fsp3) is 0.483. The van der Waals surface area contributed by atoms with Gasteiger partial charge < -0.3 is 20.3 Å². The van der Waals surface area contributed by atoms with Crippen LogP contribution in [0.3, 0.4) is 0 Å². The van der Waals surface area contributed by atoms with Gasteiger partial charge in [0.15, 0.2) is 0 Å². The summed E-state index contributed by atoms with van der Waals surface area (Å²) in [6.45, 7) is 15.1. The van der Waals surface area contributed by atoms with Crippen molar-refractivity contribution in [1.82, 2.24) is 15.5 Å². The summed E-state index contributed by atoms with van der Waals surface area (Å²) in [5.41, 5.74) is 2.23. The Hall–Kier alpha value is -3.35. The monoisotopic (exact) mass is 495 g/mol. The molecule has 2 aromatic carbocycles. The molecule has 0 saturated carbocycles. The highest BCUT2D eigenvalue weighted by Crippen LogP contribution is 2.34. The number of alkyl carbamates (subject to hydrolysis) is 1. The normalized spacial score (nSPS) is 12.4. The molecule has 0 saturated heterocycles. The van der Waals surface area contributed by atoms with Crippen molar-refractivity contribution < 1.29 is 19.1 Å². The summed E-state index contributed by atoms with van der Waals surface area (Å²) in [6, 6.07) is 14.6. The lowest BCUT2D eigenvalue weighted by atomic mass is 9.89. The van der Waals surface area contributed by atoms with Crippen LogP contribution in [-0.2, 0) is 20.9 Å². The molecule has 0 radical (unpaired) electrons. The van der Waals surface area contributed by atoms with Crippen LogP contribution < -0.4 is 10.6 Å². The Bertz CT molecular complexity index is 1040. The van der Waals surface area contributed by atoms with Crippen molar-refractivity contribution >= 4 is 17.9 Å². The summed E-state index contributed by atoms with van der Waals surface area (Å²) in [5, 5.41) is 5.60. The lowest BCUT2D eigenvalue weighted by Gasteiger charge is -2.44. The van der Waals surface area contributed by atoms with Crippen LogP contribution in [0.2, 0.25) is 0 Å². The molecular weight excluding hydrogens is 454 g/mol. The summed E-state index contributed by atoms with van der Waals surface area (Å²) in [7, 11) is 0. The predicted octanol–water partition coefficient (Wildman–Crippen LogP) is 5.20. The minimum absolute atomic E-state index is 0.275. The summed E-state index contributed by atoms with van der Waals surface area (Å²) in [5.74, 6) is -0.640. The first-order chi connectivity index (χ1) is 16.8. The molecule has 0 heterocycles. The minimum atomic E-state index is -0.877. The van der Waals surface area contributed by atoms with Gasteiger partial charge >= 0.3 is 6.09 Å². The number of nitrogens with zero attached hydrogens (tertiary/aromatic N) is 1. The number of carbonyl (C=O) groups is 3. The minimum Gasteiger partial charge on any atom is -0.444 e. The molecule has 2 aromatic rings. The Balaban J connectivity index is 2.46. The zero-order valence-corrected chi connectivity index (χ0v) is 22.9. The number of hydrogen-bond donors (Lipinski definition) is 2. The molecule has 0 fully saturated rings. The smallest absolute Gasteiger partial charge is 0.408 e. The molecule has 3 amide bonds. The average Bonchev–Trinajstić information content (AvgIpc) is 2.79. The quantitative estimate of drug-likeness (QED) is 0.500. The fourth-order valence-electron chi connectivity index (χ4n) is 4.07. The van der Waals surface area contributed by atoms with Gasteiger partial charge in [-0.3, -0.25) is 9.59 Å². The van der Waals surface area contributed by atoms with E-state index in [1.165, 1.54) is 0 Å². The third-order valence-corrected chi connectivity index (χ3v) is 6.20. The molecule has 2 rings (SSSR count). The van der Waals surface area contributed by atoms with Crippen LogP contribution in [0.25, 0.3) is 0 Å². The molecule has 1 unspecified atom stereocenters. The Kier molecular flexibility index (Phi) is 9.68. The van der Waals surface area contributed by atoms with Crippen LogP contribution in [0.1, 0.15) is 76.3 Å². The first kappa shape index (κ1) is 28.9. The largest absolute Gasteiger partial charge is 0.444 e. The number of carbonyl (C=O) groups excluding carboxylic acids is 3. The van der Waals surface area contributed by atoms with Gasteiger partial charge in [0.2, 0.25) is 11.8 Å². The van der Waals surface area contributed by atoms with Crippen LogP contribution in [0.5, 0.6) is 0 Å². The highest BCUT2D eigenvalue weighted by atomic mass is 16.6. The molecule has 36 heavy (non-hydrogen) atoms. The fourth-order valence-corrected chi connectivity index (χ4v) is 4.07. The summed E-state index contributed by atoms with van der Waals surface area (Å²) < 4.78 is 5.30. The molecule has 7 nitrogen and oxygen atoms in total. The number of nitrogens with one attached hydrogen (secondary N) is 2. The van der Waals surface area contributed by atoms with E-state index in [0.717, 1.165) is 22.3 Å². The van der Waals surface area contributed by atoms with E-state index in [1.54, 1.807) is 25.7 Å². The zero-order chi connectivity index (χ0) is 27.1. The van der Waals surface area contributed by atoms with E-state index >= 15 is 0 Å². The van der Waals surface area contributed by atoms with E-state index in [-0.39, 0.29) is 18.4 Å². The number of hydrogen-bond acceptors (Lipinski definition) is 4. The maximum atomic E-state index is 13.8. The molecular formula is C29H41N3O4. The number of ether oxygens (including phenoxy) is 1. The summed E-state index contributed by atoms with van der Waals surface area (Å²) >= 11 is 0. The number of amides is 3. The van der Waals surface area contributed by atoms with Crippen molar-refractivity contribution in [2.45, 2.75) is 85.5 Å². The Morgan fingerprint density at radius 2 is 1.47 bits per heavy atom. The van der Waals surface area contributed by atoms with E-state index in [1.807, 2.05) is 83.1 Å². The lowest BCUT2D eigenvalue weighted by Crippen LogP contribution is -2.56. The Labute approximate surface area is 215 Å². The van der Waals surface area contributed by atoms with Gasteiger partial charge in [-0.2, -0.15) is 0 Å². The Morgan fingerprint density at radius 3 is 2.00 bits per heavy atom. The van der Waals surface area contributed by atoms with Gasteiger partial charge in [-0.1, -0.05) is 55.5 Å². The molecule has 0 bridgehead atoms. The van der Waals surface area contributed by atoms with E-state index in [9.17, 15) is 14.4 Å². The highest BCUT2D eigenvalue weighted by molar-refractivity contribution is 5.91. The maximum Gasteiger partial charge on any atom is 0.408 e. The number of aryl methyl sites for hydroxylation is 2. The van der Waals surface area contributed by atoms with Crippen LogP contribution in [0, 0.1) is 13.8 Å². The second-order valence-electron chi connectivity index (χ2n) is 10.7. The SMILES string of the molecule is CCC(C)(C)N(C(=O)CNC(=O)OC(C)(C)C)C(C(=O)NCc1ccccc1)c1c(C)cccc1C. The van der Waals surface area contributed by atoms with Crippen molar-refractivity contribution in [3.8, 4) is 0 Å². The van der Waals surface area contributed by atoms with Crippen molar-refractivity contribution in [3.63, 3.8) is 0 Å². The molecule has 0 spiro atoms. The third kappa shape index (κ3) is 7.83. The van der Waals surface area contributed by atoms with Crippen LogP contribution >= 0.6 is 0 Å². The van der Waals surface area contributed by atoms with Gasteiger partial charge in [-0.05, 0) is 77.1 Å². The molecule has 2 N–H and O–H groups in total. The second-order valence-corrected chi connectivity index (χ2v) is 10.7. The zero-order valence-electron chi connectivity index (χ0n) is 22.9. The van der Waals surface area contributed by atoms with Gasteiger partial charge in [-0.15, -0.1) is 0 Å². The molecule has 0 aliphatic rings. The maximum absolute atomic E-state index is 13.8.